The van der Waals surface area contributed by atoms with Crippen LogP contribution in [-0.2, 0) is 13.0 Å². The molecule has 2 atom stereocenters. The van der Waals surface area contributed by atoms with Crippen LogP contribution in [0.5, 0.6) is 5.75 Å². The maximum atomic E-state index is 10.2. The molecule has 3 rings (SSSR count). The molecule has 0 heterocycles. The minimum atomic E-state index is -0.157. The Hall–Kier alpha value is -1.80. The molecule has 2 aromatic carbocycles. The van der Waals surface area contributed by atoms with Gasteiger partial charge in [-0.05, 0) is 42.4 Å². The largest absolute Gasteiger partial charge is 0.489 e. The summed E-state index contributed by atoms with van der Waals surface area (Å²) in [5.74, 6) is 1.32. The van der Waals surface area contributed by atoms with Gasteiger partial charge in [0.25, 0.3) is 0 Å². The number of hydrogen-bond donors (Lipinski definition) is 1. The lowest BCUT2D eigenvalue weighted by Gasteiger charge is -2.28. The maximum absolute atomic E-state index is 10.2. The third kappa shape index (κ3) is 3.89. The molecule has 1 aliphatic carbocycles. The van der Waals surface area contributed by atoms with Crippen LogP contribution in [0.25, 0.3) is 0 Å². The molecule has 0 radical (unpaired) electrons. The normalized spacial score (nSPS) is 21.5. The minimum absolute atomic E-state index is 0.157. The zero-order chi connectivity index (χ0) is 15.2. The third-order valence-electron chi connectivity index (χ3n) is 4.56. The average Bonchev–Trinajstić information content (AvgIpc) is 2.57. The molecule has 0 saturated heterocycles. The van der Waals surface area contributed by atoms with E-state index in [0.717, 1.165) is 31.4 Å². The van der Waals surface area contributed by atoms with Crippen molar-refractivity contribution in [3.8, 4) is 5.75 Å². The van der Waals surface area contributed by atoms with Crippen LogP contribution in [0.1, 0.15) is 36.8 Å². The first-order chi connectivity index (χ1) is 10.8. The second-order valence-electron chi connectivity index (χ2n) is 6.20. The Bertz CT molecular complexity index is 579. The van der Waals surface area contributed by atoms with Crippen molar-refractivity contribution in [2.45, 2.75) is 44.8 Å². The molecule has 1 N–H and O–H groups in total. The van der Waals surface area contributed by atoms with E-state index in [1.165, 1.54) is 17.5 Å². The average molecular weight is 296 g/mol. The first-order valence-corrected chi connectivity index (χ1v) is 8.25. The van der Waals surface area contributed by atoms with Crippen molar-refractivity contribution in [3.05, 3.63) is 65.7 Å². The van der Waals surface area contributed by atoms with Crippen LogP contribution in [0.4, 0.5) is 0 Å². The molecule has 0 aliphatic heterocycles. The Morgan fingerprint density at radius 3 is 2.45 bits per heavy atom. The summed E-state index contributed by atoms with van der Waals surface area (Å²) < 4.78 is 6.02. The molecule has 0 aromatic heterocycles. The van der Waals surface area contributed by atoms with Gasteiger partial charge in [0.05, 0.1) is 6.10 Å². The minimum Gasteiger partial charge on any atom is -0.489 e. The van der Waals surface area contributed by atoms with Gasteiger partial charge in [0, 0.05) is 0 Å². The van der Waals surface area contributed by atoms with Crippen LogP contribution in [0.2, 0.25) is 0 Å². The summed E-state index contributed by atoms with van der Waals surface area (Å²) in [6.45, 7) is 0.588. The van der Waals surface area contributed by atoms with Gasteiger partial charge in [0.2, 0.25) is 0 Å². The van der Waals surface area contributed by atoms with Crippen molar-refractivity contribution < 1.29 is 9.84 Å². The molecule has 1 saturated carbocycles. The predicted octanol–water partition coefficient (Wildman–Crippen LogP) is 4.36. The van der Waals surface area contributed by atoms with E-state index in [1.54, 1.807) is 0 Å². The summed E-state index contributed by atoms with van der Waals surface area (Å²) in [4.78, 5) is 0. The summed E-state index contributed by atoms with van der Waals surface area (Å²) in [7, 11) is 0. The molecule has 2 aromatic rings. The highest BCUT2D eigenvalue weighted by Gasteiger charge is 2.24. The summed E-state index contributed by atoms with van der Waals surface area (Å²) in [5, 5.41) is 10.2. The second kappa shape index (κ2) is 7.46. The molecule has 2 unspecified atom stereocenters. The number of hydrogen-bond acceptors (Lipinski definition) is 2. The number of ether oxygens (including phenoxy) is 1. The molecule has 0 bridgehead atoms. The Balaban J connectivity index is 1.67. The number of aliphatic hydroxyl groups is 1. The van der Waals surface area contributed by atoms with Crippen molar-refractivity contribution in [2.24, 2.45) is 5.92 Å². The molecule has 2 heteroatoms. The van der Waals surface area contributed by atoms with Crippen molar-refractivity contribution >= 4 is 0 Å². The highest BCUT2D eigenvalue weighted by molar-refractivity contribution is 5.34. The number of rotatable bonds is 5. The van der Waals surface area contributed by atoms with Crippen molar-refractivity contribution in [1.82, 2.24) is 0 Å². The molecule has 2 nitrogen and oxygen atoms in total. The Kier molecular flexibility index (Phi) is 5.12. The maximum Gasteiger partial charge on any atom is 0.123 e. The van der Waals surface area contributed by atoms with Gasteiger partial charge in [0.1, 0.15) is 12.4 Å². The monoisotopic (exact) mass is 296 g/mol. The number of para-hydroxylation sites is 1. The molecule has 1 aliphatic rings. The van der Waals surface area contributed by atoms with Crippen molar-refractivity contribution in [3.63, 3.8) is 0 Å². The number of benzene rings is 2. The molecule has 22 heavy (non-hydrogen) atoms. The zero-order valence-corrected chi connectivity index (χ0v) is 12.9. The van der Waals surface area contributed by atoms with E-state index in [1.807, 2.05) is 30.3 Å². The van der Waals surface area contributed by atoms with Gasteiger partial charge < -0.3 is 9.84 Å². The van der Waals surface area contributed by atoms with Crippen LogP contribution in [0, 0.1) is 5.92 Å². The van der Waals surface area contributed by atoms with Gasteiger partial charge in [-0.25, -0.2) is 0 Å². The first kappa shape index (κ1) is 15.1. The van der Waals surface area contributed by atoms with Gasteiger partial charge in [0.15, 0.2) is 0 Å². The van der Waals surface area contributed by atoms with Gasteiger partial charge in [-0.2, -0.15) is 0 Å². The molecular formula is C20H24O2. The molecule has 116 valence electrons. The fourth-order valence-electron chi connectivity index (χ4n) is 3.26. The highest BCUT2D eigenvalue weighted by atomic mass is 16.5. The van der Waals surface area contributed by atoms with E-state index in [0.29, 0.717) is 12.5 Å². The van der Waals surface area contributed by atoms with Crippen LogP contribution < -0.4 is 4.74 Å². The molecule has 0 spiro atoms. The fourth-order valence-corrected chi connectivity index (χ4v) is 3.26. The Morgan fingerprint density at radius 1 is 0.909 bits per heavy atom. The van der Waals surface area contributed by atoms with E-state index in [4.69, 9.17) is 4.74 Å². The van der Waals surface area contributed by atoms with Gasteiger partial charge in [-0.15, -0.1) is 0 Å². The lowest BCUT2D eigenvalue weighted by molar-refractivity contribution is 0.0696. The predicted molar refractivity (Wildman–Crippen MR) is 88.9 cm³/mol. The SMILES string of the molecule is OC1CCCCC1Cc1ccccc1OCc1ccccc1. The zero-order valence-electron chi connectivity index (χ0n) is 12.9. The number of aliphatic hydroxyl groups excluding tert-OH is 1. The first-order valence-electron chi connectivity index (χ1n) is 8.25. The van der Waals surface area contributed by atoms with Crippen LogP contribution >= 0.6 is 0 Å². The van der Waals surface area contributed by atoms with Crippen LogP contribution in [0.3, 0.4) is 0 Å². The lowest BCUT2D eigenvalue weighted by Crippen LogP contribution is -2.26. The van der Waals surface area contributed by atoms with Gasteiger partial charge in [-0.1, -0.05) is 61.4 Å². The second-order valence-corrected chi connectivity index (χ2v) is 6.20. The summed E-state index contributed by atoms with van der Waals surface area (Å²) in [6.07, 6.45) is 5.20. The van der Waals surface area contributed by atoms with E-state index < -0.39 is 0 Å². The third-order valence-corrected chi connectivity index (χ3v) is 4.56. The highest BCUT2D eigenvalue weighted by Crippen LogP contribution is 2.30. The van der Waals surface area contributed by atoms with Crippen molar-refractivity contribution in [2.75, 3.05) is 0 Å². The summed E-state index contributed by atoms with van der Waals surface area (Å²) >= 11 is 0. The smallest absolute Gasteiger partial charge is 0.123 e. The van der Waals surface area contributed by atoms with Gasteiger partial charge in [-0.3, -0.25) is 0 Å². The van der Waals surface area contributed by atoms with Crippen molar-refractivity contribution in [1.29, 1.82) is 0 Å². The Labute approximate surface area is 132 Å². The summed E-state index contributed by atoms with van der Waals surface area (Å²) in [6, 6.07) is 18.5. The van der Waals surface area contributed by atoms with Crippen LogP contribution in [0.15, 0.2) is 54.6 Å². The molecule has 1 fully saturated rings. The molecular weight excluding hydrogens is 272 g/mol. The standard InChI is InChI=1S/C20H24O2/c21-19-12-6-4-10-17(19)14-18-11-5-7-13-20(18)22-15-16-8-2-1-3-9-16/h1-3,5,7-9,11,13,17,19,21H,4,6,10,12,14-15H2. The van der Waals surface area contributed by atoms with E-state index in [-0.39, 0.29) is 6.10 Å². The van der Waals surface area contributed by atoms with E-state index in [9.17, 15) is 5.11 Å². The Morgan fingerprint density at radius 2 is 1.64 bits per heavy atom. The molecule has 0 amide bonds. The fraction of sp³-hybridized carbons (Fsp3) is 0.400. The van der Waals surface area contributed by atoms with E-state index >= 15 is 0 Å². The van der Waals surface area contributed by atoms with Crippen LogP contribution in [-0.4, -0.2) is 11.2 Å². The quantitative estimate of drug-likeness (QED) is 0.888. The summed E-state index contributed by atoms with van der Waals surface area (Å²) in [5.41, 5.74) is 2.39. The van der Waals surface area contributed by atoms with E-state index in [2.05, 4.69) is 24.3 Å². The lowest BCUT2D eigenvalue weighted by atomic mass is 9.82. The topological polar surface area (TPSA) is 29.5 Å². The van der Waals surface area contributed by atoms with Gasteiger partial charge >= 0.3 is 0 Å².